The quantitative estimate of drug-likeness (QED) is 0.619. The van der Waals surface area contributed by atoms with Crippen molar-refractivity contribution in [3.63, 3.8) is 0 Å². The Morgan fingerprint density at radius 2 is 2.80 bits per heavy atom. The number of rotatable bonds is 3. The normalized spacial score (nSPS) is 24.1. The second-order valence-corrected chi connectivity index (χ2v) is 3.57. The molecule has 0 saturated carbocycles. The highest BCUT2D eigenvalue weighted by atomic mass is 32.2. The van der Waals surface area contributed by atoms with Gasteiger partial charge >= 0.3 is 0 Å². The molecule has 2 nitrogen and oxygen atoms in total. The average molecular weight is 157 g/mol. The third-order valence-corrected chi connectivity index (χ3v) is 2.71. The maximum Gasteiger partial charge on any atom is 0.207 e. The molecule has 10 heavy (non-hydrogen) atoms. The van der Waals surface area contributed by atoms with Crippen LogP contribution >= 0.6 is 11.8 Å². The van der Waals surface area contributed by atoms with E-state index in [-0.39, 0.29) is 0 Å². The summed E-state index contributed by atoms with van der Waals surface area (Å²) in [6, 6.07) is 0. The second kappa shape index (κ2) is 3.66. The number of carbonyl (C=O) groups is 1. The van der Waals surface area contributed by atoms with Crippen molar-refractivity contribution in [3.8, 4) is 0 Å². The fourth-order valence-corrected chi connectivity index (χ4v) is 1.99. The predicted molar refractivity (Wildman–Crippen MR) is 43.8 cm³/mol. The molecular formula is C7H11NOS. The van der Waals surface area contributed by atoms with E-state index in [1.807, 2.05) is 11.8 Å². The molecule has 1 amide bonds. The molecule has 0 spiro atoms. The van der Waals surface area contributed by atoms with Gasteiger partial charge in [-0.05, 0) is 5.92 Å². The molecule has 1 atom stereocenters. The van der Waals surface area contributed by atoms with Crippen molar-refractivity contribution in [2.24, 2.45) is 5.92 Å². The van der Waals surface area contributed by atoms with Crippen LogP contribution in [0.1, 0.15) is 6.92 Å². The molecule has 1 rings (SSSR count). The van der Waals surface area contributed by atoms with Crippen LogP contribution in [0.5, 0.6) is 0 Å². The Morgan fingerprint density at radius 1 is 2.00 bits per heavy atom. The summed E-state index contributed by atoms with van der Waals surface area (Å²) in [5.74, 6) is 1.84. The second-order valence-electron chi connectivity index (χ2n) is 2.42. The summed E-state index contributed by atoms with van der Waals surface area (Å²) in [5, 5.41) is 2.64. The average Bonchev–Trinajstić information content (AvgIpc) is 2.31. The molecule has 0 aromatic carbocycles. The van der Waals surface area contributed by atoms with Crippen LogP contribution < -0.4 is 5.32 Å². The van der Waals surface area contributed by atoms with Gasteiger partial charge in [0.2, 0.25) is 6.41 Å². The van der Waals surface area contributed by atoms with Crippen molar-refractivity contribution >= 4 is 18.2 Å². The molecule has 0 aromatic heterocycles. The summed E-state index contributed by atoms with van der Waals surface area (Å²) in [5.41, 5.74) is 0. The molecule has 1 aliphatic heterocycles. The minimum absolute atomic E-state index is 0.674. The monoisotopic (exact) mass is 157 g/mol. The first kappa shape index (κ1) is 7.66. The van der Waals surface area contributed by atoms with Gasteiger partial charge in [0, 0.05) is 17.2 Å². The van der Waals surface area contributed by atoms with E-state index in [0.717, 1.165) is 12.2 Å². The molecule has 56 valence electrons. The maximum absolute atomic E-state index is 9.90. The first-order valence-corrected chi connectivity index (χ1v) is 4.32. The smallest absolute Gasteiger partial charge is 0.207 e. The van der Waals surface area contributed by atoms with Crippen molar-refractivity contribution in [2.45, 2.75) is 6.92 Å². The third-order valence-electron chi connectivity index (χ3n) is 1.36. The molecule has 0 aliphatic carbocycles. The van der Waals surface area contributed by atoms with E-state index in [0.29, 0.717) is 12.5 Å². The highest BCUT2D eigenvalue weighted by Gasteiger charge is 2.10. The summed E-state index contributed by atoms with van der Waals surface area (Å²) in [6.45, 7) is 2.89. The number of allylic oxidation sites excluding steroid dienone is 1. The number of hydrogen-bond donors (Lipinski definition) is 1. The van der Waals surface area contributed by atoms with Crippen LogP contribution in [0.25, 0.3) is 0 Å². The van der Waals surface area contributed by atoms with E-state index in [4.69, 9.17) is 0 Å². The molecule has 3 heteroatoms. The predicted octanol–water partition coefficient (Wildman–Crippen LogP) is 0.999. The number of nitrogens with one attached hydrogen (secondary N) is 1. The lowest BCUT2D eigenvalue weighted by Gasteiger charge is -1.96. The van der Waals surface area contributed by atoms with Crippen molar-refractivity contribution in [1.29, 1.82) is 0 Å². The van der Waals surface area contributed by atoms with Gasteiger partial charge in [0.15, 0.2) is 0 Å². The van der Waals surface area contributed by atoms with Gasteiger partial charge in [0.1, 0.15) is 0 Å². The molecule has 1 N–H and O–H groups in total. The highest BCUT2D eigenvalue weighted by molar-refractivity contribution is 8.03. The lowest BCUT2D eigenvalue weighted by molar-refractivity contribution is -0.109. The Bertz CT molecular complexity index is 156. The summed E-state index contributed by atoms with van der Waals surface area (Å²) in [7, 11) is 0. The van der Waals surface area contributed by atoms with Gasteiger partial charge in [-0.15, -0.1) is 11.8 Å². The molecule has 0 bridgehead atoms. The zero-order chi connectivity index (χ0) is 7.40. The number of amides is 1. The van der Waals surface area contributed by atoms with Crippen LogP contribution in [0.2, 0.25) is 0 Å². The zero-order valence-corrected chi connectivity index (χ0v) is 6.78. The van der Waals surface area contributed by atoms with Crippen LogP contribution in [0.3, 0.4) is 0 Å². The van der Waals surface area contributed by atoms with Crippen LogP contribution in [0.15, 0.2) is 11.0 Å². The first-order chi connectivity index (χ1) is 4.83. The highest BCUT2D eigenvalue weighted by Crippen LogP contribution is 2.27. The Labute approximate surface area is 65.1 Å². The van der Waals surface area contributed by atoms with Gasteiger partial charge < -0.3 is 5.32 Å². The summed E-state index contributed by atoms with van der Waals surface area (Å²) in [4.78, 5) is 11.2. The van der Waals surface area contributed by atoms with Crippen molar-refractivity contribution in [3.05, 3.63) is 11.0 Å². The van der Waals surface area contributed by atoms with Gasteiger partial charge in [-0.2, -0.15) is 0 Å². The summed E-state index contributed by atoms with van der Waals surface area (Å²) in [6.07, 6.45) is 2.95. The largest absolute Gasteiger partial charge is 0.354 e. The molecule has 0 fully saturated rings. The van der Waals surface area contributed by atoms with Crippen molar-refractivity contribution in [2.75, 3.05) is 12.3 Å². The Balaban J connectivity index is 2.28. The van der Waals surface area contributed by atoms with Crippen LogP contribution in [0, 0.1) is 5.92 Å². The molecule has 1 heterocycles. The third kappa shape index (κ3) is 2.06. The minimum atomic E-state index is 0.674. The van der Waals surface area contributed by atoms with Crippen LogP contribution in [-0.2, 0) is 4.79 Å². The summed E-state index contributed by atoms with van der Waals surface area (Å²) >= 11 is 1.83. The van der Waals surface area contributed by atoms with E-state index >= 15 is 0 Å². The fraction of sp³-hybridized carbons (Fsp3) is 0.571. The Morgan fingerprint density at radius 3 is 3.30 bits per heavy atom. The lowest BCUT2D eigenvalue weighted by atomic mass is 10.2. The first-order valence-electron chi connectivity index (χ1n) is 3.33. The maximum atomic E-state index is 9.90. The van der Waals surface area contributed by atoms with Crippen LogP contribution in [0.4, 0.5) is 0 Å². The van der Waals surface area contributed by atoms with Crippen LogP contribution in [-0.4, -0.2) is 18.7 Å². The Hall–Kier alpha value is -0.440. The van der Waals surface area contributed by atoms with Gasteiger partial charge in [-0.25, -0.2) is 0 Å². The SMILES string of the molecule is CC1C=C(CNC=O)SC1. The molecule has 0 radical (unpaired) electrons. The summed E-state index contributed by atoms with van der Waals surface area (Å²) < 4.78 is 0. The lowest BCUT2D eigenvalue weighted by Crippen LogP contribution is -2.12. The standard InChI is InChI=1S/C7H11NOS/c1-6-2-7(10-4-6)3-8-5-9/h2,5-6H,3-4H2,1H3,(H,8,9). The van der Waals surface area contributed by atoms with E-state index in [2.05, 4.69) is 18.3 Å². The minimum Gasteiger partial charge on any atom is -0.354 e. The number of hydrogen-bond acceptors (Lipinski definition) is 2. The van der Waals surface area contributed by atoms with E-state index in [1.54, 1.807) is 0 Å². The van der Waals surface area contributed by atoms with E-state index in [1.165, 1.54) is 4.91 Å². The fourth-order valence-electron chi connectivity index (χ4n) is 0.904. The molecule has 0 aromatic rings. The zero-order valence-electron chi connectivity index (χ0n) is 5.96. The van der Waals surface area contributed by atoms with Crippen molar-refractivity contribution in [1.82, 2.24) is 5.32 Å². The Kier molecular flexibility index (Phi) is 2.81. The van der Waals surface area contributed by atoms with E-state index in [9.17, 15) is 4.79 Å². The molecule has 1 aliphatic rings. The number of thioether (sulfide) groups is 1. The molecule has 1 unspecified atom stereocenters. The van der Waals surface area contributed by atoms with Crippen molar-refractivity contribution < 1.29 is 4.79 Å². The van der Waals surface area contributed by atoms with E-state index < -0.39 is 0 Å². The molecule has 0 saturated heterocycles. The molecular weight excluding hydrogens is 146 g/mol. The van der Waals surface area contributed by atoms with Gasteiger partial charge in [-0.3, -0.25) is 4.79 Å². The van der Waals surface area contributed by atoms with Gasteiger partial charge in [0.05, 0.1) is 0 Å². The topological polar surface area (TPSA) is 29.1 Å². The van der Waals surface area contributed by atoms with Gasteiger partial charge in [0.25, 0.3) is 0 Å². The van der Waals surface area contributed by atoms with Gasteiger partial charge in [-0.1, -0.05) is 13.0 Å². The number of carbonyl (C=O) groups excluding carboxylic acids is 1.